The number of fused-ring (bicyclic) bond motifs is 1. The molecule has 0 bridgehead atoms. The van der Waals surface area contributed by atoms with Gasteiger partial charge in [-0.3, -0.25) is 4.79 Å². The Bertz CT molecular complexity index is 1610. The maximum atomic E-state index is 13.8. The largest absolute Gasteiger partial charge is 0.508 e. The predicted octanol–water partition coefficient (Wildman–Crippen LogP) is -3.67. The van der Waals surface area contributed by atoms with Crippen LogP contribution in [0.25, 0.3) is 0 Å². The molecule has 4 aliphatic rings. The van der Waals surface area contributed by atoms with E-state index in [-0.39, 0.29) is 11.3 Å². The monoisotopic (exact) mass is 744 g/mol. The normalized spacial score (nSPS) is 40.7. The second-order valence-electron chi connectivity index (χ2n) is 13.1. The van der Waals surface area contributed by atoms with Crippen LogP contribution in [-0.2, 0) is 28.4 Å². The minimum absolute atomic E-state index is 0.0528. The lowest BCUT2D eigenvalue weighted by molar-refractivity contribution is -0.348. The highest BCUT2D eigenvalue weighted by atomic mass is 16.8. The number of rotatable bonds is 9. The third-order valence-electron chi connectivity index (χ3n) is 9.46. The lowest BCUT2D eigenvalue weighted by atomic mass is 9.92. The SMILES string of the molecule is C[C@@H]1O[C@@H](OC[C@H]2O[C@@H](OC3C(=O)c4c(O)cc(O)cc4OC3c3ccc(O)c(O)c3)[C@H](O)[C@@H](O)[C@@H]2O)[C@H](O[C@@H]2OC[C@](O)(CO)[C@H]2O)[C@H](O)[C@H]1O. The highest BCUT2D eigenvalue weighted by Crippen LogP contribution is 2.44. The number of hydrogen-bond acceptors (Lipinski definition) is 20. The Morgan fingerprint density at radius 3 is 2.21 bits per heavy atom. The molecule has 2 unspecified atom stereocenters. The third kappa shape index (κ3) is 6.99. The average molecular weight is 745 g/mol. The second kappa shape index (κ2) is 14.8. The number of aliphatic hydroxyl groups is 8. The average Bonchev–Trinajstić information content (AvgIpc) is 3.39. The van der Waals surface area contributed by atoms with E-state index in [1.54, 1.807) is 0 Å². The van der Waals surface area contributed by atoms with Gasteiger partial charge >= 0.3 is 0 Å². The Morgan fingerprint density at radius 1 is 0.808 bits per heavy atom. The van der Waals surface area contributed by atoms with Gasteiger partial charge in [-0.05, 0) is 24.6 Å². The number of hydrogen-bond donors (Lipinski definition) is 12. The van der Waals surface area contributed by atoms with Crippen molar-refractivity contribution < 1.29 is 99.2 Å². The molecular formula is C32H40O20. The fourth-order valence-corrected chi connectivity index (χ4v) is 6.35. The lowest BCUT2D eigenvalue weighted by Crippen LogP contribution is -2.62. The lowest BCUT2D eigenvalue weighted by Gasteiger charge is -2.44. The van der Waals surface area contributed by atoms with Crippen LogP contribution in [0.5, 0.6) is 28.7 Å². The Labute approximate surface area is 293 Å². The number of aromatic hydroxyl groups is 4. The Hall–Kier alpha value is -3.45. The standard InChI is InChI=1S/C32H40O20/c1-10-19(38)23(42)27(52-31-28(44)32(45,8-33)9-47-31)30(48-10)46-7-17-20(39)22(41)24(43)29(50-17)51-26-21(40)18-15(37)5-12(34)6-16(18)49-25(26)11-2-3-13(35)14(36)4-11/h2-6,10,17,19-20,22-31,33-39,41-45H,7-9H2,1H3/t10-,17+,19-,20+,22-,23+,24+,25?,26?,27+,28-,29-,30+,31-,32+/m0/s1. The number of phenols is 4. The van der Waals surface area contributed by atoms with Crippen LogP contribution < -0.4 is 4.74 Å². The molecule has 0 saturated carbocycles. The van der Waals surface area contributed by atoms with Crippen molar-refractivity contribution in [3.63, 3.8) is 0 Å². The smallest absolute Gasteiger partial charge is 0.203 e. The van der Waals surface area contributed by atoms with Gasteiger partial charge in [0.15, 0.2) is 42.6 Å². The van der Waals surface area contributed by atoms with E-state index < -0.39 is 146 Å². The maximum absolute atomic E-state index is 13.8. The van der Waals surface area contributed by atoms with Gasteiger partial charge in [-0.2, -0.15) is 0 Å². The summed E-state index contributed by atoms with van der Waals surface area (Å²) in [6.07, 6.45) is -23.5. The number of carbonyl (C=O) groups is 1. The molecule has 3 fully saturated rings. The van der Waals surface area contributed by atoms with Crippen LogP contribution in [0.1, 0.15) is 28.9 Å². The second-order valence-corrected chi connectivity index (χ2v) is 13.1. The van der Waals surface area contributed by atoms with Crippen LogP contribution in [0.2, 0.25) is 0 Å². The molecule has 0 aliphatic carbocycles. The van der Waals surface area contributed by atoms with Gasteiger partial charge in [-0.15, -0.1) is 0 Å². The number of carbonyl (C=O) groups excluding carboxylic acids is 1. The zero-order chi connectivity index (χ0) is 37.8. The summed E-state index contributed by atoms with van der Waals surface area (Å²) in [7, 11) is 0. The van der Waals surface area contributed by atoms with E-state index in [1.165, 1.54) is 13.0 Å². The minimum atomic E-state index is -2.09. The summed E-state index contributed by atoms with van der Waals surface area (Å²) in [5, 5.41) is 124. The molecule has 12 N–H and O–H groups in total. The molecule has 288 valence electrons. The number of benzene rings is 2. The van der Waals surface area contributed by atoms with Crippen molar-refractivity contribution in [3.8, 4) is 28.7 Å². The third-order valence-corrected chi connectivity index (χ3v) is 9.46. The predicted molar refractivity (Wildman–Crippen MR) is 164 cm³/mol. The summed E-state index contributed by atoms with van der Waals surface area (Å²) >= 11 is 0. The molecule has 4 heterocycles. The van der Waals surface area contributed by atoms with Crippen LogP contribution in [0.4, 0.5) is 0 Å². The Morgan fingerprint density at radius 2 is 1.54 bits per heavy atom. The Kier molecular flexibility index (Phi) is 10.9. The first-order chi connectivity index (χ1) is 24.5. The zero-order valence-electron chi connectivity index (χ0n) is 27.2. The molecule has 2 aromatic carbocycles. The summed E-state index contributed by atoms with van der Waals surface area (Å²) in [5.74, 6) is -3.45. The van der Waals surface area contributed by atoms with Gasteiger partial charge < -0.3 is 94.4 Å². The van der Waals surface area contributed by atoms with Gasteiger partial charge in [0.1, 0.15) is 77.2 Å². The van der Waals surface area contributed by atoms with Gasteiger partial charge in [0.2, 0.25) is 5.78 Å². The van der Waals surface area contributed by atoms with Crippen LogP contribution in [0, 0.1) is 0 Å². The van der Waals surface area contributed by atoms with E-state index in [1.807, 2.05) is 0 Å². The first kappa shape index (κ1) is 38.3. The van der Waals surface area contributed by atoms with Crippen molar-refractivity contribution in [3.05, 3.63) is 41.5 Å². The van der Waals surface area contributed by atoms with Crippen molar-refractivity contribution in [1.82, 2.24) is 0 Å². The summed E-state index contributed by atoms with van der Waals surface area (Å²) in [6.45, 7) is -0.719. The van der Waals surface area contributed by atoms with E-state index >= 15 is 0 Å². The van der Waals surface area contributed by atoms with Gasteiger partial charge in [0.05, 0.1) is 25.9 Å². The molecule has 3 saturated heterocycles. The number of phenolic OH excluding ortho intramolecular Hbond substituents is 4. The van der Waals surface area contributed by atoms with Crippen molar-refractivity contribution >= 4 is 5.78 Å². The van der Waals surface area contributed by atoms with E-state index in [0.29, 0.717) is 0 Å². The molecule has 52 heavy (non-hydrogen) atoms. The molecule has 4 aliphatic heterocycles. The molecule has 15 atom stereocenters. The van der Waals surface area contributed by atoms with Gasteiger partial charge in [0.25, 0.3) is 0 Å². The fraction of sp³-hybridized carbons (Fsp3) is 0.594. The number of ketones is 1. The van der Waals surface area contributed by atoms with E-state index in [9.17, 15) is 66.1 Å². The van der Waals surface area contributed by atoms with Crippen LogP contribution >= 0.6 is 0 Å². The fourth-order valence-electron chi connectivity index (χ4n) is 6.35. The zero-order valence-corrected chi connectivity index (χ0v) is 27.2. The van der Waals surface area contributed by atoms with Crippen molar-refractivity contribution in [1.29, 1.82) is 0 Å². The van der Waals surface area contributed by atoms with Gasteiger partial charge in [-0.1, -0.05) is 6.07 Å². The summed E-state index contributed by atoms with van der Waals surface area (Å²) in [6, 6.07) is 5.34. The first-order valence-electron chi connectivity index (χ1n) is 16.1. The first-order valence-corrected chi connectivity index (χ1v) is 16.1. The van der Waals surface area contributed by atoms with Crippen molar-refractivity contribution in [2.45, 2.75) is 98.5 Å². The molecular weight excluding hydrogens is 704 g/mol. The van der Waals surface area contributed by atoms with E-state index in [4.69, 9.17) is 33.2 Å². The molecule has 0 amide bonds. The van der Waals surface area contributed by atoms with Crippen molar-refractivity contribution in [2.75, 3.05) is 19.8 Å². The molecule has 6 rings (SSSR count). The molecule has 20 nitrogen and oxygen atoms in total. The number of ether oxygens (including phenoxy) is 7. The quantitative estimate of drug-likeness (QED) is 0.110. The molecule has 20 heteroatoms. The summed E-state index contributed by atoms with van der Waals surface area (Å²) in [5.41, 5.74) is -2.46. The summed E-state index contributed by atoms with van der Waals surface area (Å²) in [4.78, 5) is 13.8. The molecule has 0 spiro atoms. The van der Waals surface area contributed by atoms with Crippen LogP contribution in [0.15, 0.2) is 30.3 Å². The number of aliphatic hydroxyl groups excluding tert-OH is 7. The van der Waals surface area contributed by atoms with Crippen LogP contribution in [-0.4, -0.2) is 172 Å². The highest BCUT2D eigenvalue weighted by Gasteiger charge is 2.54. The Balaban J connectivity index is 1.22. The summed E-state index contributed by atoms with van der Waals surface area (Å²) < 4.78 is 39.8. The minimum Gasteiger partial charge on any atom is -0.508 e. The van der Waals surface area contributed by atoms with Crippen LogP contribution in [0.3, 0.4) is 0 Å². The molecule has 0 radical (unpaired) electrons. The topological polar surface area (TPSA) is 324 Å². The van der Waals surface area contributed by atoms with Gasteiger partial charge in [-0.25, -0.2) is 0 Å². The van der Waals surface area contributed by atoms with Crippen molar-refractivity contribution in [2.24, 2.45) is 0 Å². The highest BCUT2D eigenvalue weighted by molar-refractivity contribution is 6.05. The molecule has 2 aromatic rings. The molecule has 0 aromatic heterocycles. The van der Waals surface area contributed by atoms with Gasteiger partial charge in [0, 0.05) is 12.1 Å². The van der Waals surface area contributed by atoms with E-state index in [2.05, 4.69) is 0 Å². The maximum Gasteiger partial charge on any atom is 0.203 e. The number of Topliss-reactive ketones (excluding diaryl/α,β-unsaturated/α-hetero) is 1. The van der Waals surface area contributed by atoms with E-state index in [0.717, 1.165) is 24.3 Å².